The number of rotatable bonds is 2. The van der Waals surface area contributed by atoms with Crippen LogP contribution in [0, 0.1) is 0 Å². The van der Waals surface area contributed by atoms with Crippen LogP contribution in [-0.4, -0.2) is 29.7 Å². The molecule has 0 fully saturated rings. The maximum absolute atomic E-state index is 12.6. The molecule has 0 bridgehead atoms. The highest BCUT2D eigenvalue weighted by molar-refractivity contribution is 5.81. The van der Waals surface area contributed by atoms with Crippen LogP contribution in [0.25, 0.3) is 27.6 Å². The minimum absolute atomic E-state index is 0.238. The second kappa shape index (κ2) is 4.99. The Balaban J connectivity index is 2.03. The van der Waals surface area contributed by atoms with E-state index in [0.717, 1.165) is 10.9 Å². The van der Waals surface area contributed by atoms with Crippen LogP contribution in [0.15, 0.2) is 47.5 Å². The summed E-state index contributed by atoms with van der Waals surface area (Å²) < 4.78 is 3.01. The van der Waals surface area contributed by atoms with Crippen molar-refractivity contribution in [3.63, 3.8) is 0 Å². The van der Waals surface area contributed by atoms with E-state index in [4.69, 9.17) is 0 Å². The van der Waals surface area contributed by atoms with Gasteiger partial charge >= 0.3 is 0 Å². The van der Waals surface area contributed by atoms with Crippen molar-refractivity contribution in [2.24, 2.45) is 7.05 Å². The zero-order valence-corrected chi connectivity index (χ0v) is 12.3. The van der Waals surface area contributed by atoms with Crippen LogP contribution in [0.4, 0.5) is 0 Å². The van der Waals surface area contributed by atoms with Gasteiger partial charge in [0.05, 0.1) is 23.4 Å². The Hall–Kier alpha value is -3.06. The first-order valence-corrected chi connectivity index (χ1v) is 7.09. The number of pyridine rings is 1. The summed E-state index contributed by atoms with van der Waals surface area (Å²) >= 11 is 0. The lowest BCUT2D eigenvalue weighted by Crippen LogP contribution is -2.25. The van der Waals surface area contributed by atoms with Crippen molar-refractivity contribution in [2.75, 3.05) is 0 Å². The van der Waals surface area contributed by atoms with Crippen LogP contribution in [0.5, 0.6) is 0 Å². The molecule has 1 aromatic carbocycles. The van der Waals surface area contributed by atoms with Gasteiger partial charge in [-0.2, -0.15) is 14.9 Å². The fourth-order valence-electron chi connectivity index (χ4n) is 2.68. The minimum atomic E-state index is -0.385. The van der Waals surface area contributed by atoms with E-state index in [-0.39, 0.29) is 17.7 Å². The highest BCUT2D eigenvalue weighted by Gasteiger charge is 2.13. The third-order valence-electron chi connectivity index (χ3n) is 3.74. The second-order valence-electron chi connectivity index (χ2n) is 5.27. The van der Waals surface area contributed by atoms with E-state index in [1.54, 1.807) is 29.1 Å². The number of fused-ring (bicyclic) bond motifs is 2. The highest BCUT2D eigenvalue weighted by Crippen LogP contribution is 2.17. The number of hydrogen-bond donors (Lipinski definition) is 1. The summed E-state index contributed by atoms with van der Waals surface area (Å²) in [5.74, 6) is 0. The van der Waals surface area contributed by atoms with E-state index in [9.17, 15) is 9.90 Å². The summed E-state index contributed by atoms with van der Waals surface area (Å²) in [6.07, 6.45) is 3.45. The van der Waals surface area contributed by atoms with Gasteiger partial charge in [-0.1, -0.05) is 0 Å². The van der Waals surface area contributed by atoms with Gasteiger partial charge in [-0.15, -0.1) is 0 Å². The van der Waals surface area contributed by atoms with E-state index in [1.807, 2.05) is 25.4 Å². The van der Waals surface area contributed by atoms with Crippen molar-refractivity contribution in [2.45, 2.75) is 6.61 Å². The van der Waals surface area contributed by atoms with Crippen LogP contribution in [0.2, 0.25) is 0 Å². The van der Waals surface area contributed by atoms with Crippen LogP contribution >= 0.6 is 0 Å². The van der Waals surface area contributed by atoms with E-state index < -0.39 is 0 Å². The van der Waals surface area contributed by atoms with Gasteiger partial charge in [0, 0.05) is 24.8 Å². The van der Waals surface area contributed by atoms with Crippen molar-refractivity contribution in [3.05, 3.63) is 58.6 Å². The lowest BCUT2D eigenvalue weighted by Gasteiger charge is -2.09. The predicted molar refractivity (Wildman–Crippen MR) is 85.3 cm³/mol. The molecule has 7 heteroatoms. The largest absolute Gasteiger partial charge is 0.391 e. The number of aliphatic hydroxyl groups excluding tert-OH is 1. The van der Waals surface area contributed by atoms with Crippen molar-refractivity contribution in [1.82, 2.24) is 24.5 Å². The summed E-state index contributed by atoms with van der Waals surface area (Å²) in [5.41, 5.74) is 2.31. The third-order valence-corrected chi connectivity index (χ3v) is 3.74. The van der Waals surface area contributed by atoms with Gasteiger partial charge in [-0.05, 0) is 30.3 Å². The number of aromatic nitrogens is 5. The SMILES string of the molecule is Cn1cc2cc(-n3nc4cccnc4c(CO)c3=O)ccc2n1. The quantitative estimate of drug-likeness (QED) is 0.600. The van der Waals surface area contributed by atoms with Crippen molar-refractivity contribution < 1.29 is 5.11 Å². The van der Waals surface area contributed by atoms with Crippen LogP contribution < -0.4 is 5.56 Å². The number of aryl methyl sites for hydroxylation is 1. The molecule has 0 aliphatic heterocycles. The first kappa shape index (κ1) is 13.6. The van der Waals surface area contributed by atoms with Gasteiger partial charge in [0.15, 0.2) is 0 Å². The lowest BCUT2D eigenvalue weighted by atomic mass is 10.2. The Labute approximate surface area is 130 Å². The number of benzene rings is 1. The minimum Gasteiger partial charge on any atom is -0.391 e. The van der Waals surface area contributed by atoms with Gasteiger partial charge in [-0.25, -0.2) is 0 Å². The number of nitrogens with zero attached hydrogens (tertiary/aromatic N) is 5. The summed E-state index contributed by atoms with van der Waals surface area (Å²) in [6.45, 7) is -0.385. The summed E-state index contributed by atoms with van der Waals surface area (Å²) in [5, 5.41) is 19.2. The zero-order chi connectivity index (χ0) is 16.0. The predicted octanol–water partition coefficient (Wildman–Crippen LogP) is 1.16. The lowest BCUT2D eigenvalue weighted by molar-refractivity contribution is 0.280. The van der Waals surface area contributed by atoms with Crippen molar-refractivity contribution >= 4 is 21.9 Å². The smallest absolute Gasteiger partial charge is 0.279 e. The van der Waals surface area contributed by atoms with Gasteiger partial charge in [0.2, 0.25) is 0 Å². The Morgan fingerprint density at radius 1 is 1.17 bits per heavy atom. The summed E-state index contributed by atoms with van der Waals surface area (Å²) in [4.78, 5) is 16.8. The molecule has 0 unspecified atom stereocenters. The van der Waals surface area contributed by atoms with Crippen molar-refractivity contribution in [3.8, 4) is 5.69 Å². The molecular weight excluding hydrogens is 294 g/mol. The third kappa shape index (κ3) is 2.09. The van der Waals surface area contributed by atoms with Crippen LogP contribution in [-0.2, 0) is 13.7 Å². The molecule has 4 rings (SSSR count). The second-order valence-corrected chi connectivity index (χ2v) is 5.27. The number of aliphatic hydroxyl groups is 1. The van der Waals surface area contributed by atoms with Crippen LogP contribution in [0.3, 0.4) is 0 Å². The molecule has 3 aromatic heterocycles. The molecule has 0 aliphatic carbocycles. The molecule has 23 heavy (non-hydrogen) atoms. The highest BCUT2D eigenvalue weighted by atomic mass is 16.3. The topological polar surface area (TPSA) is 85.8 Å². The molecule has 7 nitrogen and oxygen atoms in total. The first-order chi connectivity index (χ1) is 11.2. The molecule has 0 radical (unpaired) electrons. The maximum Gasteiger partial charge on any atom is 0.279 e. The van der Waals surface area contributed by atoms with Crippen LogP contribution in [0.1, 0.15) is 5.56 Å². The average molecular weight is 307 g/mol. The maximum atomic E-state index is 12.6. The standard InChI is InChI=1S/C16H13N5O2/c1-20-8-10-7-11(4-5-13(10)18-20)21-16(23)12(9-22)15-14(19-21)3-2-6-17-15/h2-8,22H,9H2,1H3. The molecule has 0 amide bonds. The zero-order valence-electron chi connectivity index (χ0n) is 12.3. The molecule has 0 saturated heterocycles. The molecule has 1 N–H and O–H groups in total. The van der Waals surface area contributed by atoms with Crippen molar-refractivity contribution in [1.29, 1.82) is 0 Å². The number of hydrogen-bond acceptors (Lipinski definition) is 5. The molecule has 0 atom stereocenters. The molecule has 0 aliphatic rings. The molecule has 0 spiro atoms. The molecular formula is C16H13N5O2. The van der Waals surface area contributed by atoms with Gasteiger partial charge < -0.3 is 5.11 Å². The monoisotopic (exact) mass is 307 g/mol. The fourth-order valence-corrected chi connectivity index (χ4v) is 2.68. The average Bonchev–Trinajstić information content (AvgIpc) is 2.93. The van der Waals surface area contributed by atoms with E-state index in [0.29, 0.717) is 16.7 Å². The fraction of sp³-hybridized carbons (Fsp3) is 0.125. The normalized spacial score (nSPS) is 11.4. The van der Waals surface area contributed by atoms with Gasteiger partial charge in [0.1, 0.15) is 11.0 Å². The molecule has 4 aromatic rings. The van der Waals surface area contributed by atoms with E-state index in [1.165, 1.54) is 4.68 Å². The summed E-state index contributed by atoms with van der Waals surface area (Å²) in [6, 6.07) is 8.98. The van der Waals surface area contributed by atoms with Gasteiger partial charge in [-0.3, -0.25) is 14.5 Å². The van der Waals surface area contributed by atoms with E-state index >= 15 is 0 Å². The Bertz CT molecular complexity index is 1100. The Morgan fingerprint density at radius 2 is 2.04 bits per heavy atom. The first-order valence-electron chi connectivity index (χ1n) is 7.09. The Morgan fingerprint density at radius 3 is 2.87 bits per heavy atom. The molecule has 3 heterocycles. The summed E-state index contributed by atoms with van der Waals surface area (Å²) in [7, 11) is 1.84. The van der Waals surface area contributed by atoms with E-state index in [2.05, 4.69) is 15.2 Å². The molecule has 114 valence electrons. The van der Waals surface area contributed by atoms with Gasteiger partial charge in [0.25, 0.3) is 5.56 Å². The Kier molecular flexibility index (Phi) is 2.95. The molecule has 0 saturated carbocycles.